The molecule has 0 aromatic heterocycles. The molecule has 0 aliphatic heterocycles. The molecule has 0 radical (unpaired) electrons. The van der Waals surface area contributed by atoms with E-state index in [1.54, 1.807) is 19.1 Å². The predicted molar refractivity (Wildman–Crippen MR) is 121 cm³/mol. The number of halogens is 1. The summed E-state index contributed by atoms with van der Waals surface area (Å²) in [6.45, 7) is 1.04. The molecule has 0 heterocycles. The molecule has 0 aliphatic rings. The average molecular weight is 470 g/mol. The van der Waals surface area contributed by atoms with E-state index in [-0.39, 0.29) is 16.3 Å². The van der Waals surface area contributed by atoms with Crippen molar-refractivity contribution >= 4 is 33.5 Å². The number of para-hydroxylation sites is 1. The minimum Gasteiger partial charge on any atom is -0.271 e. The highest BCUT2D eigenvalue weighted by Crippen LogP contribution is 2.26. The van der Waals surface area contributed by atoms with E-state index in [9.17, 15) is 27.7 Å². The van der Waals surface area contributed by atoms with E-state index in [1.807, 2.05) is 0 Å². The van der Waals surface area contributed by atoms with Crippen LogP contribution in [0, 0.1) is 22.9 Å². The van der Waals surface area contributed by atoms with Crippen molar-refractivity contribution in [3.05, 3.63) is 99.9 Å². The van der Waals surface area contributed by atoms with Crippen molar-refractivity contribution < 1.29 is 22.5 Å². The van der Waals surface area contributed by atoms with E-state index in [2.05, 4.69) is 10.5 Å². The molecule has 11 heteroatoms. The zero-order chi connectivity index (χ0) is 24.0. The minimum absolute atomic E-state index is 0.107. The van der Waals surface area contributed by atoms with E-state index >= 15 is 0 Å². The van der Waals surface area contributed by atoms with Gasteiger partial charge in [-0.15, -0.1) is 0 Å². The number of nitrogens with one attached hydrogen (secondary N) is 1. The predicted octanol–water partition coefficient (Wildman–Crippen LogP) is 3.39. The summed E-state index contributed by atoms with van der Waals surface area (Å²) >= 11 is 0. The van der Waals surface area contributed by atoms with Crippen LogP contribution in [-0.4, -0.2) is 32.0 Å². The number of hydrogen-bond donors (Lipinski definition) is 1. The molecule has 1 amide bonds. The van der Waals surface area contributed by atoms with Gasteiger partial charge in [0.1, 0.15) is 12.4 Å². The number of sulfonamides is 1. The highest BCUT2D eigenvalue weighted by Gasteiger charge is 2.29. The lowest BCUT2D eigenvalue weighted by molar-refractivity contribution is -0.384. The summed E-state index contributed by atoms with van der Waals surface area (Å²) in [5.41, 5.74) is 2.90. The van der Waals surface area contributed by atoms with Crippen molar-refractivity contribution in [3.63, 3.8) is 0 Å². The number of anilines is 1. The summed E-state index contributed by atoms with van der Waals surface area (Å²) in [7, 11) is -4.28. The van der Waals surface area contributed by atoms with E-state index in [1.165, 1.54) is 60.8 Å². The zero-order valence-corrected chi connectivity index (χ0v) is 18.2. The molecule has 0 spiro atoms. The fourth-order valence-corrected chi connectivity index (χ4v) is 4.28. The smallest absolute Gasteiger partial charge is 0.270 e. The minimum atomic E-state index is -4.28. The summed E-state index contributed by atoms with van der Waals surface area (Å²) in [6, 6.07) is 16.7. The summed E-state index contributed by atoms with van der Waals surface area (Å²) in [5, 5.41) is 14.6. The number of benzene rings is 3. The molecule has 3 aromatic carbocycles. The van der Waals surface area contributed by atoms with Crippen LogP contribution in [0.1, 0.15) is 11.1 Å². The number of hydrazone groups is 1. The van der Waals surface area contributed by atoms with Crippen LogP contribution in [-0.2, 0) is 14.8 Å². The number of hydrogen-bond acceptors (Lipinski definition) is 6. The largest absolute Gasteiger partial charge is 0.271 e. The van der Waals surface area contributed by atoms with E-state index < -0.39 is 33.2 Å². The van der Waals surface area contributed by atoms with Crippen LogP contribution in [0.25, 0.3) is 0 Å². The Labute approximate surface area is 189 Å². The maximum Gasteiger partial charge on any atom is 0.270 e. The molecule has 1 N–H and O–H groups in total. The first-order valence-electron chi connectivity index (χ1n) is 9.59. The summed E-state index contributed by atoms with van der Waals surface area (Å²) < 4.78 is 41.5. The highest BCUT2D eigenvalue weighted by atomic mass is 32.2. The lowest BCUT2D eigenvalue weighted by Crippen LogP contribution is -2.40. The fourth-order valence-electron chi connectivity index (χ4n) is 2.85. The zero-order valence-electron chi connectivity index (χ0n) is 17.4. The molecule has 0 aliphatic carbocycles. The van der Waals surface area contributed by atoms with Gasteiger partial charge in [-0.05, 0) is 31.2 Å². The van der Waals surface area contributed by atoms with Gasteiger partial charge in [-0.1, -0.05) is 42.0 Å². The lowest BCUT2D eigenvalue weighted by Gasteiger charge is -2.24. The second kappa shape index (κ2) is 10.0. The topological polar surface area (TPSA) is 122 Å². The van der Waals surface area contributed by atoms with Crippen molar-refractivity contribution in [2.24, 2.45) is 5.10 Å². The van der Waals surface area contributed by atoms with Crippen LogP contribution in [0.5, 0.6) is 0 Å². The SMILES string of the molecule is Cc1ccc(S(=O)(=O)N(CC(=O)N/N=C\c2cccc([N+](=O)[O-])c2)c2ccccc2F)cc1. The van der Waals surface area contributed by atoms with Gasteiger partial charge >= 0.3 is 0 Å². The summed E-state index contributed by atoms with van der Waals surface area (Å²) in [4.78, 5) is 22.6. The van der Waals surface area contributed by atoms with Crippen LogP contribution in [0.15, 0.2) is 82.8 Å². The molecule has 0 saturated carbocycles. The third-order valence-corrected chi connectivity index (χ3v) is 6.28. The second-order valence-electron chi connectivity index (χ2n) is 6.92. The number of amides is 1. The summed E-state index contributed by atoms with van der Waals surface area (Å²) in [5.74, 6) is -1.66. The molecular weight excluding hydrogens is 451 g/mol. The number of non-ortho nitro benzene ring substituents is 1. The Morgan fingerprint density at radius 3 is 2.48 bits per heavy atom. The molecule has 33 heavy (non-hydrogen) atoms. The van der Waals surface area contributed by atoms with Crippen LogP contribution < -0.4 is 9.73 Å². The Bertz CT molecular complexity index is 1310. The van der Waals surface area contributed by atoms with E-state index in [0.717, 1.165) is 11.6 Å². The molecule has 3 rings (SSSR count). The third-order valence-electron chi connectivity index (χ3n) is 4.50. The van der Waals surface area contributed by atoms with Gasteiger partial charge in [-0.25, -0.2) is 18.2 Å². The van der Waals surface area contributed by atoms with Gasteiger partial charge in [0.25, 0.3) is 21.6 Å². The number of nitro benzene ring substituents is 1. The number of nitrogens with zero attached hydrogens (tertiary/aromatic N) is 3. The van der Waals surface area contributed by atoms with Crippen LogP contribution in [0.3, 0.4) is 0 Å². The van der Waals surface area contributed by atoms with Crippen molar-refractivity contribution in [1.29, 1.82) is 0 Å². The Kier molecular flexibility index (Phi) is 7.13. The Morgan fingerprint density at radius 1 is 1.12 bits per heavy atom. The number of rotatable bonds is 8. The van der Waals surface area contributed by atoms with Crippen molar-refractivity contribution in [1.82, 2.24) is 5.43 Å². The molecule has 0 saturated heterocycles. The highest BCUT2D eigenvalue weighted by molar-refractivity contribution is 7.92. The lowest BCUT2D eigenvalue weighted by atomic mass is 10.2. The molecule has 9 nitrogen and oxygen atoms in total. The monoisotopic (exact) mass is 470 g/mol. The molecule has 0 atom stereocenters. The molecule has 170 valence electrons. The van der Waals surface area contributed by atoms with Gasteiger partial charge in [0, 0.05) is 17.7 Å². The fraction of sp³-hybridized carbons (Fsp3) is 0.0909. The Morgan fingerprint density at radius 2 is 1.82 bits per heavy atom. The maximum absolute atomic E-state index is 14.5. The third kappa shape index (κ3) is 5.77. The average Bonchev–Trinajstić information content (AvgIpc) is 2.78. The molecule has 0 fully saturated rings. The number of carbonyl (C=O) groups excluding carboxylic acids is 1. The Hall–Kier alpha value is -4.12. The van der Waals surface area contributed by atoms with Gasteiger partial charge in [0.15, 0.2) is 0 Å². The van der Waals surface area contributed by atoms with Crippen LogP contribution in [0.2, 0.25) is 0 Å². The van der Waals surface area contributed by atoms with Gasteiger partial charge in [-0.3, -0.25) is 19.2 Å². The number of carbonyl (C=O) groups is 1. The first kappa shape index (κ1) is 23.5. The van der Waals surface area contributed by atoms with E-state index in [4.69, 9.17) is 0 Å². The number of aryl methyl sites for hydroxylation is 1. The van der Waals surface area contributed by atoms with Crippen LogP contribution in [0.4, 0.5) is 15.8 Å². The van der Waals surface area contributed by atoms with Gasteiger partial charge in [0.2, 0.25) is 0 Å². The standard InChI is InChI=1S/C22H19FN4O5S/c1-16-9-11-19(12-10-16)33(31,32)26(21-8-3-2-7-20(21)23)15-22(28)25-24-14-17-5-4-6-18(13-17)27(29)30/h2-14H,15H2,1H3,(H,25,28)/b24-14-. The second-order valence-corrected chi connectivity index (χ2v) is 8.78. The van der Waals surface area contributed by atoms with Crippen molar-refractivity contribution in [2.75, 3.05) is 10.8 Å². The first-order chi connectivity index (χ1) is 15.7. The van der Waals surface area contributed by atoms with Gasteiger partial charge < -0.3 is 0 Å². The van der Waals surface area contributed by atoms with E-state index in [0.29, 0.717) is 9.87 Å². The van der Waals surface area contributed by atoms with Gasteiger partial charge in [0.05, 0.1) is 21.7 Å². The van der Waals surface area contributed by atoms with Crippen molar-refractivity contribution in [3.8, 4) is 0 Å². The summed E-state index contributed by atoms with van der Waals surface area (Å²) in [6.07, 6.45) is 1.17. The molecular formula is C22H19FN4O5S. The molecule has 0 unspecified atom stereocenters. The van der Waals surface area contributed by atoms with Crippen molar-refractivity contribution in [2.45, 2.75) is 11.8 Å². The maximum atomic E-state index is 14.5. The normalized spacial score (nSPS) is 11.3. The quantitative estimate of drug-likeness (QED) is 0.307. The molecule has 3 aromatic rings. The van der Waals surface area contributed by atoms with Gasteiger partial charge in [-0.2, -0.15) is 5.10 Å². The Balaban J connectivity index is 1.84. The molecule has 0 bridgehead atoms. The van der Waals surface area contributed by atoms with Crippen LogP contribution >= 0.6 is 0 Å². The first-order valence-corrected chi connectivity index (χ1v) is 11.0. The number of nitro groups is 1.